The Bertz CT molecular complexity index is 664. The third kappa shape index (κ3) is 3.25. The van der Waals surface area contributed by atoms with Crippen molar-refractivity contribution >= 4 is 23.2 Å². The molecule has 0 bridgehead atoms. The average Bonchev–Trinajstić information content (AvgIpc) is 2.46. The van der Waals surface area contributed by atoms with Crippen LogP contribution in [0, 0.1) is 5.82 Å². The van der Waals surface area contributed by atoms with Gasteiger partial charge in [0.1, 0.15) is 17.6 Å². The van der Waals surface area contributed by atoms with Crippen molar-refractivity contribution in [3.8, 4) is 5.75 Å². The topological polar surface area (TPSA) is 64.3 Å². The van der Waals surface area contributed by atoms with Crippen molar-refractivity contribution in [2.24, 2.45) is 5.73 Å². The van der Waals surface area contributed by atoms with E-state index in [-0.39, 0.29) is 5.69 Å². The minimum atomic E-state index is -1.01. The maximum absolute atomic E-state index is 13.7. The van der Waals surface area contributed by atoms with Gasteiger partial charge in [0.15, 0.2) is 0 Å². The van der Waals surface area contributed by atoms with Crippen LogP contribution in [0.5, 0.6) is 5.75 Å². The van der Waals surface area contributed by atoms with Gasteiger partial charge in [-0.3, -0.25) is 4.79 Å². The number of amides is 1. The predicted molar refractivity (Wildman–Crippen MR) is 80.0 cm³/mol. The first-order chi connectivity index (χ1) is 10.0. The Morgan fingerprint density at radius 2 is 2.00 bits per heavy atom. The summed E-state index contributed by atoms with van der Waals surface area (Å²) in [4.78, 5) is 11.8. The molecule has 0 radical (unpaired) electrons. The highest BCUT2D eigenvalue weighted by Gasteiger charge is 2.25. The summed E-state index contributed by atoms with van der Waals surface area (Å²) in [7, 11) is 1.45. The number of ether oxygens (including phenoxy) is 1. The van der Waals surface area contributed by atoms with E-state index in [1.807, 2.05) is 0 Å². The van der Waals surface area contributed by atoms with Gasteiger partial charge in [0, 0.05) is 5.56 Å². The minimum absolute atomic E-state index is 0.156. The van der Waals surface area contributed by atoms with Gasteiger partial charge >= 0.3 is 0 Å². The Morgan fingerprint density at radius 3 is 2.62 bits per heavy atom. The number of nitrogens with one attached hydrogen (secondary N) is 1. The van der Waals surface area contributed by atoms with Crippen LogP contribution < -0.4 is 15.8 Å². The molecular weight excluding hydrogens is 295 g/mol. The Morgan fingerprint density at radius 1 is 1.29 bits per heavy atom. The normalized spacial score (nSPS) is 11.8. The van der Waals surface area contributed by atoms with E-state index in [2.05, 4.69) is 5.32 Å². The number of halogens is 2. The molecular formula is C15H14ClFN2O2. The summed E-state index contributed by atoms with van der Waals surface area (Å²) in [6.45, 7) is 0. The van der Waals surface area contributed by atoms with E-state index in [4.69, 9.17) is 22.1 Å². The Balaban J connectivity index is 2.46. The van der Waals surface area contributed by atoms with Crippen LogP contribution in [0.2, 0.25) is 5.02 Å². The molecule has 0 saturated heterocycles. The fourth-order valence-corrected chi connectivity index (χ4v) is 2.27. The third-order valence-corrected chi connectivity index (χ3v) is 3.31. The highest BCUT2D eigenvalue weighted by Crippen LogP contribution is 2.34. The zero-order valence-corrected chi connectivity index (χ0v) is 12.0. The highest BCUT2D eigenvalue weighted by atomic mass is 35.5. The van der Waals surface area contributed by atoms with E-state index in [9.17, 15) is 9.18 Å². The van der Waals surface area contributed by atoms with E-state index >= 15 is 0 Å². The summed E-state index contributed by atoms with van der Waals surface area (Å²) in [5.74, 6) is -0.783. The van der Waals surface area contributed by atoms with Crippen LogP contribution in [0.4, 0.5) is 10.1 Å². The number of methoxy groups -OCH3 is 1. The van der Waals surface area contributed by atoms with Crippen molar-refractivity contribution in [2.75, 3.05) is 12.4 Å². The quantitative estimate of drug-likeness (QED) is 0.892. The van der Waals surface area contributed by atoms with Gasteiger partial charge in [0.05, 0.1) is 17.8 Å². The van der Waals surface area contributed by atoms with Crippen molar-refractivity contribution in [1.82, 2.24) is 0 Å². The summed E-state index contributed by atoms with van der Waals surface area (Å²) >= 11 is 6.13. The maximum Gasteiger partial charge on any atom is 0.244 e. The first-order valence-corrected chi connectivity index (χ1v) is 6.55. The Kier molecular flexibility index (Phi) is 4.65. The van der Waals surface area contributed by atoms with Crippen LogP contribution in [0.3, 0.4) is 0 Å². The molecule has 2 aromatic carbocycles. The molecule has 0 aliphatic heterocycles. The van der Waals surface area contributed by atoms with Crippen LogP contribution in [0.25, 0.3) is 0 Å². The molecule has 21 heavy (non-hydrogen) atoms. The number of para-hydroxylation sites is 1. The average molecular weight is 309 g/mol. The van der Waals surface area contributed by atoms with Crippen LogP contribution >= 0.6 is 11.6 Å². The number of hydrogen-bond donors (Lipinski definition) is 2. The summed E-state index contributed by atoms with van der Waals surface area (Å²) < 4.78 is 18.9. The smallest absolute Gasteiger partial charge is 0.244 e. The number of benzene rings is 2. The molecule has 0 fully saturated rings. The zero-order chi connectivity index (χ0) is 15.4. The van der Waals surface area contributed by atoms with E-state index < -0.39 is 17.8 Å². The molecule has 0 saturated carbocycles. The highest BCUT2D eigenvalue weighted by molar-refractivity contribution is 6.32. The summed E-state index contributed by atoms with van der Waals surface area (Å²) in [6, 6.07) is 9.93. The second-order valence-corrected chi connectivity index (χ2v) is 4.72. The lowest BCUT2D eigenvalue weighted by atomic mass is 10.0. The lowest BCUT2D eigenvalue weighted by molar-refractivity contribution is -0.118. The summed E-state index contributed by atoms with van der Waals surface area (Å²) in [6.07, 6.45) is 0. The van der Waals surface area contributed by atoms with Crippen molar-refractivity contribution in [1.29, 1.82) is 0 Å². The largest absolute Gasteiger partial charge is 0.496 e. The molecule has 0 aromatic heterocycles. The zero-order valence-electron chi connectivity index (χ0n) is 11.3. The van der Waals surface area contributed by atoms with Crippen LogP contribution in [0.1, 0.15) is 11.6 Å². The van der Waals surface area contributed by atoms with Gasteiger partial charge in [-0.2, -0.15) is 0 Å². The van der Waals surface area contributed by atoms with Crippen molar-refractivity contribution in [3.05, 3.63) is 58.9 Å². The number of hydrogen-bond acceptors (Lipinski definition) is 3. The molecule has 110 valence electrons. The van der Waals surface area contributed by atoms with E-state index in [0.29, 0.717) is 16.3 Å². The monoisotopic (exact) mass is 308 g/mol. The number of primary amides is 1. The van der Waals surface area contributed by atoms with E-state index in [0.717, 1.165) is 0 Å². The number of carbonyl (C=O) groups is 1. The van der Waals surface area contributed by atoms with Gasteiger partial charge in [-0.05, 0) is 24.3 Å². The van der Waals surface area contributed by atoms with Crippen molar-refractivity contribution in [3.63, 3.8) is 0 Å². The van der Waals surface area contributed by atoms with Crippen LogP contribution in [-0.2, 0) is 4.79 Å². The van der Waals surface area contributed by atoms with Gasteiger partial charge in [-0.1, -0.05) is 29.8 Å². The number of anilines is 1. The first kappa shape index (κ1) is 15.1. The molecule has 0 heterocycles. The maximum atomic E-state index is 13.7. The summed E-state index contributed by atoms with van der Waals surface area (Å²) in [5.41, 5.74) is 5.95. The van der Waals surface area contributed by atoms with Gasteiger partial charge in [-0.15, -0.1) is 0 Å². The van der Waals surface area contributed by atoms with Gasteiger partial charge in [0.2, 0.25) is 5.91 Å². The Hall–Kier alpha value is -2.27. The minimum Gasteiger partial charge on any atom is -0.496 e. The lowest BCUT2D eigenvalue weighted by Crippen LogP contribution is -2.28. The molecule has 3 N–H and O–H groups in total. The molecule has 6 heteroatoms. The number of rotatable bonds is 5. The van der Waals surface area contributed by atoms with E-state index in [1.165, 1.54) is 19.2 Å². The number of nitrogens with two attached hydrogens (primary N) is 1. The van der Waals surface area contributed by atoms with Crippen molar-refractivity contribution < 1.29 is 13.9 Å². The second kappa shape index (κ2) is 6.45. The molecule has 0 aliphatic carbocycles. The molecule has 0 aliphatic rings. The molecule has 2 rings (SSSR count). The predicted octanol–water partition coefficient (Wildman–Crippen LogP) is 3.13. The third-order valence-electron chi connectivity index (χ3n) is 2.98. The Labute approximate surface area is 126 Å². The van der Waals surface area contributed by atoms with Crippen LogP contribution in [0.15, 0.2) is 42.5 Å². The van der Waals surface area contributed by atoms with Crippen LogP contribution in [-0.4, -0.2) is 13.0 Å². The van der Waals surface area contributed by atoms with E-state index in [1.54, 1.807) is 30.3 Å². The molecule has 0 spiro atoms. The first-order valence-electron chi connectivity index (χ1n) is 6.17. The summed E-state index contributed by atoms with van der Waals surface area (Å²) in [5, 5.41) is 3.07. The molecule has 1 amide bonds. The SMILES string of the molecule is COc1cccc(Cl)c1C(Nc1ccccc1F)C(N)=O. The second-order valence-electron chi connectivity index (χ2n) is 4.32. The molecule has 2 aromatic rings. The number of carbonyl (C=O) groups excluding carboxylic acids is 1. The fourth-order valence-electron chi connectivity index (χ4n) is 1.99. The van der Waals surface area contributed by atoms with Gasteiger partial charge < -0.3 is 15.8 Å². The fraction of sp³-hybridized carbons (Fsp3) is 0.133. The van der Waals surface area contributed by atoms with Gasteiger partial charge in [0.25, 0.3) is 0 Å². The lowest BCUT2D eigenvalue weighted by Gasteiger charge is -2.21. The van der Waals surface area contributed by atoms with Gasteiger partial charge in [-0.25, -0.2) is 4.39 Å². The molecule has 1 unspecified atom stereocenters. The van der Waals surface area contributed by atoms with Crippen molar-refractivity contribution in [2.45, 2.75) is 6.04 Å². The standard InChI is InChI=1S/C15H14ClFN2O2/c1-21-12-8-4-5-9(16)13(12)14(15(18)20)19-11-7-3-2-6-10(11)17/h2-8,14,19H,1H3,(H2,18,20). The molecule has 4 nitrogen and oxygen atoms in total. The molecule has 1 atom stereocenters.